The van der Waals surface area contributed by atoms with Crippen molar-refractivity contribution in [2.45, 2.75) is 323 Å². The highest BCUT2D eigenvalue weighted by Gasteiger charge is 2.28. The lowest BCUT2D eigenvalue weighted by Gasteiger charge is -2.17. The van der Waals surface area contributed by atoms with Gasteiger partial charge in [0.05, 0.1) is 42.2 Å². The van der Waals surface area contributed by atoms with Gasteiger partial charge in [-0.2, -0.15) is 17.5 Å². The molecule has 2 aromatic carbocycles. The van der Waals surface area contributed by atoms with E-state index >= 15 is 17.6 Å². The topological polar surface area (TPSA) is 51.6 Å². The number of hydrogen-bond donors (Lipinski definition) is 0. The molecule has 0 aliphatic carbocycles. The summed E-state index contributed by atoms with van der Waals surface area (Å²) in [5.41, 5.74) is 2.85. The zero-order valence-electron chi connectivity index (χ0n) is 54.7. The Kier molecular flexibility index (Phi) is 37.9. The van der Waals surface area contributed by atoms with Gasteiger partial charge in [0, 0.05) is 20.9 Å². The van der Waals surface area contributed by atoms with Crippen molar-refractivity contribution in [2.24, 2.45) is 11.8 Å². The maximum absolute atomic E-state index is 16.8. The number of halogens is 6. The van der Waals surface area contributed by atoms with Crippen LogP contribution in [0.2, 0.25) is 0 Å². The van der Waals surface area contributed by atoms with Gasteiger partial charge in [0.1, 0.15) is 22.1 Å². The first-order chi connectivity index (χ1) is 43.1. The minimum atomic E-state index is -1.11. The SMILES string of the molecule is CCCCCCCCCCCCC(CCCCCCCCCCCC)Cc1cc(-c2c(F)c(F)c(/C=C/c3c(F)c(F)c(-c4cc(CC(CCCCCCCCCCCC)CCCCCCCCCCCC)c(Br)s4)c4nsnc34)c3nsnc23)sc1Br. The van der Waals surface area contributed by atoms with Gasteiger partial charge in [-0.3, -0.25) is 0 Å². The zero-order valence-corrected chi connectivity index (χ0v) is 61.1. The van der Waals surface area contributed by atoms with Gasteiger partial charge in [-0.25, -0.2) is 17.6 Å². The lowest BCUT2D eigenvalue weighted by molar-refractivity contribution is 0.399. The second-order valence-electron chi connectivity index (χ2n) is 25.9. The van der Waals surface area contributed by atoms with Crippen LogP contribution in [0, 0.1) is 35.1 Å². The molecular weight excluding hydrogens is 1310 g/mol. The van der Waals surface area contributed by atoms with Gasteiger partial charge >= 0.3 is 0 Å². The van der Waals surface area contributed by atoms with Crippen LogP contribution in [0.3, 0.4) is 0 Å². The molecule has 0 saturated carbocycles. The van der Waals surface area contributed by atoms with Crippen molar-refractivity contribution in [3.8, 4) is 20.9 Å². The van der Waals surface area contributed by atoms with Crippen LogP contribution in [-0.4, -0.2) is 17.5 Å². The third-order valence-corrected chi connectivity index (χ3v) is 23.6. The summed E-state index contributed by atoms with van der Waals surface area (Å²) < 4.78 is 86.9. The molecule has 4 aromatic heterocycles. The fourth-order valence-electron chi connectivity index (χ4n) is 13.2. The fourth-order valence-corrected chi connectivity index (χ4v) is 17.8. The third kappa shape index (κ3) is 25.3. The fraction of sp³-hybridized carbons (Fsp3) is 0.703. The zero-order chi connectivity index (χ0) is 62.6. The summed E-state index contributed by atoms with van der Waals surface area (Å²) in [6.07, 6.45) is 61.4. The lowest BCUT2D eigenvalue weighted by atomic mass is 9.89. The van der Waals surface area contributed by atoms with Gasteiger partial charge in [-0.1, -0.05) is 310 Å². The molecule has 0 aliphatic heterocycles. The van der Waals surface area contributed by atoms with Crippen LogP contribution < -0.4 is 0 Å². The van der Waals surface area contributed by atoms with Crippen LogP contribution in [0.25, 0.3) is 55.1 Å². The average molecular weight is 1420 g/mol. The molecule has 4 heterocycles. The smallest absolute Gasteiger partial charge is 0.170 e. The van der Waals surface area contributed by atoms with Crippen molar-refractivity contribution in [3.63, 3.8) is 0 Å². The highest BCUT2D eigenvalue weighted by atomic mass is 79.9. The van der Waals surface area contributed by atoms with E-state index < -0.39 is 23.3 Å². The van der Waals surface area contributed by atoms with Gasteiger partial charge in [0.25, 0.3) is 0 Å². The molecule has 0 amide bonds. The molecule has 0 unspecified atom stereocenters. The highest BCUT2D eigenvalue weighted by molar-refractivity contribution is 9.11. The van der Waals surface area contributed by atoms with E-state index in [4.69, 9.17) is 0 Å². The van der Waals surface area contributed by atoms with E-state index in [9.17, 15) is 0 Å². The Labute approximate surface area is 563 Å². The largest absolute Gasteiger partial charge is 0.203 e. The van der Waals surface area contributed by atoms with Gasteiger partial charge in [-0.15, -0.1) is 22.7 Å². The summed E-state index contributed by atoms with van der Waals surface area (Å²) in [6.45, 7) is 9.09. The van der Waals surface area contributed by atoms with E-state index in [1.807, 2.05) is 12.1 Å². The van der Waals surface area contributed by atoms with E-state index in [-0.39, 0.29) is 44.3 Å². The third-order valence-electron chi connectivity index (χ3n) is 18.6. The van der Waals surface area contributed by atoms with E-state index in [2.05, 4.69) is 77.0 Å². The number of nitrogens with zero attached hydrogens (tertiary/aromatic N) is 4. The Morgan fingerprint density at radius 2 is 0.580 bits per heavy atom. The average Bonchev–Trinajstić information content (AvgIpc) is 1.71. The number of hydrogen-bond acceptors (Lipinski definition) is 8. The van der Waals surface area contributed by atoms with Gasteiger partial charge in [-0.05, 0) is 91.9 Å². The maximum Gasteiger partial charge on any atom is 0.170 e. The molecule has 0 bridgehead atoms. The second-order valence-corrected chi connectivity index (χ2v) is 31.7. The van der Waals surface area contributed by atoms with Crippen LogP contribution in [0.4, 0.5) is 17.6 Å². The van der Waals surface area contributed by atoms with Gasteiger partial charge in [0.15, 0.2) is 23.3 Å². The minimum absolute atomic E-state index is 0.0781. The summed E-state index contributed by atoms with van der Waals surface area (Å²) in [5.74, 6) is -3.29. The van der Waals surface area contributed by atoms with Crippen molar-refractivity contribution in [3.05, 3.63) is 65.2 Å². The maximum atomic E-state index is 16.8. The Bertz CT molecular complexity index is 2640. The Hall–Kier alpha value is -2.10. The summed E-state index contributed by atoms with van der Waals surface area (Å²) >= 11 is 12.3. The summed E-state index contributed by atoms with van der Waals surface area (Å²) in [4.78, 5) is 1.17. The van der Waals surface area contributed by atoms with Crippen molar-refractivity contribution >= 4 is 112 Å². The molecule has 6 aromatic rings. The second kappa shape index (κ2) is 44.5. The normalized spacial score (nSPS) is 12.2. The number of fused-ring (bicyclic) bond motifs is 2. The summed E-state index contributed by atoms with van der Waals surface area (Å²) in [6, 6.07) is 4.03. The molecule has 0 spiro atoms. The first kappa shape index (κ1) is 74.9. The molecule has 0 aliphatic rings. The Morgan fingerprint density at radius 3 is 0.841 bits per heavy atom. The van der Waals surface area contributed by atoms with E-state index in [1.54, 1.807) is 0 Å². The Morgan fingerprint density at radius 1 is 0.341 bits per heavy atom. The first-order valence-corrected chi connectivity index (χ1v) is 40.3. The molecule has 492 valence electrons. The van der Waals surface area contributed by atoms with Crippen LogP contribution in [-0.2, 0) is 12.8 Å². The summed E-state index contributed by atoms with van der Waals surface area (Å²) in [5, 5.41) is 0. The Balaban J connectivity index is 1.14. The molecule has 0 fully saturated rings. The first-order valence-electron chi connectivity index (χ1n) is 35.6. The van der Waals surface area contributed by atoms with Crippen LogP contribution in [0.5, 0.6) is 0 Å². The molecule has 6 rings (SSSR count). The number of benzene rings is 2. The lowest BCUT2D eigenvalue weighted by Crippen LogP contribution is -2.05. The van der Waals surface area contributed by atoms with Gasteiger partial charge in [0.2, 0.25) is 0 Å². The highest BCUT2D eigenvalue weighted by Crippen LogP contribution is 2.46. The molecular formula is C74H110Br2F4N4S4. The van der Waals surface area contributed by atoms with E-state index in [0.717, 1.165) is 55.0 Å². The molecule has 14 heteroatoms. The van der Waals surface area contributed by atoms with Crippen LogP contribution >= 0.6 is 78.0 Å². The van der Waals surface area contributed by atoms with Crippen molar-refractivity contribution < 1.29 is 17.6 Å². The molecule has 4 nitrogen and oxygen atoms in total. The quantitative estimate of drug-likeness (QED) is 0.0217. The van der Waals surface area contributed by atoms with E-state index in [0.29, 0.717) is 21.6 Å². The predicted octanol–water partition coefficient (Wildman–Crippen LogP) is 29.0. The molecule has 0 atom stereocenters. The van der Waals surface area contributed by atoms with Crippen molar-refractivity contribution in [1.29, 1.82) is 0 Å². The number of thiophene rings is 2. The number of aromatic nitrogens is 4. The molecule has 0 saturated heterocycles. The molecule has 88 heavy (non-hydrogen) atoms. The molecule has 0 radical (unpaired) electrons. The standard InChI is InChI=1S/C74H110Br2F4N4S4/c1-5-9-13-17-21-25-29-33-37-41-45-55(46-42-38-34-30-26-22-18-14-10-6-2)51-57-53-61(85-73(57)75)63-67(79)65(77)59(69-71(63)83-87-81-69)49-50-60-66(78)68(80)64(72-70(60)82-88-84-72)62-54-58(74(76)86-62)52-56(47-43-39-35-31-27-23-19-15-11-7-3)48-44-40-36-32-28-24-20-16-12-8-4/h49-50,53-56H,5-48,51-52H2,1-4H3/b50-49+. The number of rotatable bonds is 52. The van der Waals surface area contributed by atoms with E-state index in [1.165, 1.54) is 317 Å². The predicted molar refractivity (Wildman–Crippen MR) is 386 cm³/mol. The van der Waals surface area contributed by atoms with Gasteiger partial charge < -0.3 is 0 Å². The molecule has 0 N–H and O–H groups in total. The van der Waals surface area contributed by atoms with Crippen molar-refractivity contribution in [2.75, 3.05) is 0 Å². The van der Waals surface area contributed by atoms with Crippen molar-refractivity contribution in [1.82, 2.24) is 17.5 Å². The van der Waals surface area contributed by atoms with Crippen LogP contribution in [0.15, 0.2) is 19.7 Å². The minimum Gasteiger partial charge on any atom is -0.203 e. The number of unbranched alkanes of at least 4 members (excludes halogenated alkanes) is 36. The summed E-state index contributed by atoms with van der Waals surface area (Å²) in [7, 11) is 0. The van der Waals surface area contributed by atoms with Crippen LogP contribution in [0.1, 0.15) is 332 Å². The monoisotopic (exact) mass is 1420 g/mol.